The first kappa shape index (κ1) is 15.6. The van der Waals surface area contributed by atoms with Crippen LogP contribution in [0.1, 0.15) is 31.2 Å². The minimum atomic E-state index is -0.651. The molecule has 0 aromatic heterocycles. The van der Waals surface area contributed by atoms with Crippen LogP contribution in [0.5, 0.6) is 5.75 Å². The Balaban J connectivity index is 1.94. The first-order chi connectivity index (χ1) is 10.0. The predicted molar refractivity (Wildman–Crippen MR) is 84.0 cm³/mol. The minimum absolute atomic E-state index is 0.0481. The molecule has 0 atom stereocenters. The van der Waals surface area contributed by atoms with E-state index in [0.29, 0.717) is 13.2 Å². The predicted octanol–water partition coefficient (Wildman–Crippen LogP) is 2.48. The van der Waals surface area contributed by atoms with Crippen LogP contribution in [-0.4, -0.2) is 30.0 Å². The number of carbonyl (C=O) groups excluding carboxylic acids is 1. The molecule has 0 heterocycles. The van der Waals surface area contributed by atoms with Crippen molar-refractivity contribution in [2.24, 2.45) is 5.73 Å². The normalized spacial score (nSPS) is 16.5. The average Bonchev–Trinajstić information content (AvgIpc) is 2.93. The zero-order valence-electron chi connectivity index (χ0n) is 12.7. The van der Waals surface area contributed by atoms with Gasteiger partial charge in [-0.1, -0.05) is 37.6 Å². The standard InChI is InChI=1S/C17H24N2O2/c1-3-12-21-15-8-6-14(7-9-15)13-19(2)16(20)17(18)10-4-5-11-17/h3,6-9H,1,4-5,10-13,18H2,2H3. The summed E-state index contributed by atoms with van der Waals surface area (Å²) >= 11 is 0. The lowest BCUT2D eigenvalue weighted by atomic mass is 9.97. The van der Waals surface area contributed by atoms with E-state index in [4.69, 9.17) is 10.5 Å². The Bertz CT molecular complexity index is 490. The molecule has 0 saturated heterocycles. The summed E-state index contributed by atoms with van der Waals surface area (Å²) in [6.45, 7) is 4.68. The Kier molecular flexibility index (Phi) is 5.02. The fourth-order valence-corrected chi connectivity index (χ4v) is 2.79. The number of hydrogen-bond donors (Lipinski definition) is 1. The van der Waals surface area contributed by atoms with Gasteiger partial charge in [-0.05, 0) is 30.5 Å². The lowest BCUT2D eigenvalue weighted by Gasteiger charge is -2.28. The first-order valence-electron chi connectivity index (χ1n) is 7.42. The van der Waals surface area contributed by atoms with Crippen LogP contribution in [0.25, 0.3) is 0 Å². The van der Waals surface area contributed by atoms with Crippen molar-refractivity contribution in [2.45, 2.75) is 37.8 Å². The Morgan fingerprint density at radius 1 is 1.38 bits per heavy atom. The smallest absolute Gasteiger partial charge is 0.242 e. The van der Waals surface area contributed by atoms with Crippen LogP contribution in [0.4, 0.5) is 0 Å². The number of ether oxygens (including phenoxy) is 1. The summed E-state index contributed by atoms with van der Waals surface area (Å²) in [5, 5.41) is 0. The van der Waals surface area contributed by atoms with E-state index in [9.17, 15) is 4.79 Å². The van der Waals surface area contributed by atoms with Crippen LogP contribution in [-0.2, 0) is 11.3 Å². The third kappa shape index (κ3) is 3.85. The maximum Gasteiger partial charge on any atom is 0.242 e. The van der Waals surface area contributed by atoms with Crippen LogP contribution in [0, 0.1) is 0 Å². The molecule has 1 aliphatic rings. The second kappa shape index (κ2) is 6.76. The molecule has 0 aliphatic heterocycles. The third-order valence-electron chi connectivity index (χ3n) is 3.98. The number of amides is 1. The van der Waals surface area contributed by atoms with Gasteiger partial charge in [-0.2, -0.15) is 0 Å². The van der Waals surface area contributed by atoms with Crippen molar-refractivity contribution < 1.29 is 9.53 Å². The van der Waals surface area contributed by atoms with E-state index in [0.717, 1.165) is 37.0 Å². The molecule has 21 heavy (non-hydrogen) atoms. The van der Waals surface area contributed by atoms with E-state index < -0.39 is 5.54 Å². The maximum absolute atomic E-state index is 12.4. The quantitative estimate of drug-likeness (QED) is 0.818. The highest BCUT2D eigenvalue weighted by Crippen LogP contribution is 2.29. The van der Waals surface area contributed by atoms with Gasteiger partial charge in [-0.15, -0.1) is 0 Å². The molecule has 1 aromatic rings. The van der Waals surface area contributed by atoms with Crippen LogP contribution in [0.2, 0.25) is 0 Å². The number of benzene rings is 1. The van der Waals surface area contributed by atoms with Gasteiger partial charge in [0.2, 0.25) is 5.91 Å². The van der Waals surface area contributed by atoms with Gasteiger partial charge in [-0.3, -0.25) is 4.79 Å². The molecule has 0 bridgehead atoms. The van der Waals surface area contributed by atoms with Gasteiger partial charge in [-0.25, -0.2) is 0 Å². The largest absolute Gasteiger partial charge is 0.490 e. The Morgan fingerprint density at radius 3 is 2.57 bits per heavy atom. The topological polar surface area (TPSA) is 55.6 Å². The van der Waals surface area contributed by atoms with Gasteiger partial charge >= 0.3 is 0 Å². The van der Waals surface area contributed by atoms with Crippen LogP contribution >= 0.6 is 0 Å². The number of rotatable bonds is 6. The Morgan fingerprint density at radius 2 is 2.00 bits per heavy atom. The van der Waals surface area contributed by atoms with Gasteiger partial charge in [0.05, 0.1) is 5.54 Å². The van der Waals surface area contributed by atoms with Gasteiger partial charge in [0.25, 0.3) is 0 Å². The molecule has 114 valence electrons. The first-order valence-corrected chi connectivity index (χ1v) is 7.42. The lowest BCUT2D eigenvalue weighted by Crippen LogP contribution is -2.52. The third-order valence-corrected chi connectivity index (χ3v) is 3.98. The van der Waals surface area contributed by atoms with Crippen molar-refractivity contribution in [1.29, 1.82) is 0 Å². The molecule has 1 fully saturated rings. The molecule has 2 rings (SSSR count). The summed E-state index contributed by atoms with van der Waals surface area (Å²) in [5.41, 5.74) is 6.63. The van der Waals surface area contributed by atoms with Crippen LogP contribution in [0.15, 0.2) is 36.9 Å². The number of nitrogens with two attached hydrogens (primary N) is 1. The van der Waals surface area contributed by atoms with E-state index in [1.165, 1.54) is 0 Å². The SMILES string of the molecule is C=CCOc1ccc(CN(C)C(=O)C2(N)CCCC2)cc1. The number of hydrogen-bond acceptors (Lipinski definition) is 3. The highest BCUT2D eigenvalue weighted by Gasteiger charge is 2.38. The zero-order valence-corrected chi connectivity index (χ0v) is 12.7. The fourth-order valence-electron chi connectivity index (χ4n) is 2.79. The second-order valence-electron chi connectivity index (χ2n) is 5.77. The van der Waals surface area contributed by atoms with Crippen LogP contribution in [0.3, 0.4) is 0 Å². The highest BCUT2D eigenvalue weighted by atomic mass is 16.5. The highest BCUT2D eigenvalue weighted by molar-refractivity contribution is 5.86. The molecule has 1 aliphatic carbocycles. The van der Waals surface area contributed by atoms with E-state index in [1.807, 2.05) is 31.3 Å². The summed E-state index contributed by atoms with van der Waals surface area (Å²) in [6, 6.07) is 7.76. The monoisotopic (exact) mass is 288 g/mol. The molecule has 1 aromatic carbocycles. The van der Waals surface area contributed by atoms with Crippen molar-refractivity contribution in [3.63, 3.8) is 0 Å². The lowest BCUT2D eigenvalue weighted by molar-refractivity contribution is -0.136. The molecule has 4 nitrogen and oxygen atoms in total. The Hall–Kier alpha value is -1.81. The van der Waals surface area contributed by atoms with E-state index >= 15 is 0 Å². The average molecular weight is 288 g/mol. The minimum Gasteiger partial charge on any atom is -0.490 e. The molecule has 0 unspecified atom stereocenters. The van der Waals surface area contributed by atoms with Crippen molar-refractivity contribution in [3.8, 4) is 5.75 Å². The number of carbonyl (C=O) groups is 1. The molecular formula is C17H24N2O2. The van der Waals surface area contributed by atoms with E-state index in [-0.39, 0.29) is 5.91 Å². The molecule has 2 N–H and O–H groups in total. The summed E-state index contributed by atoms with van der Waals surface area (Å²) < 4.78 is 5.44. The van der Waals surface area contributed by atoms with Gasteiger partial charge in [0.15, 0.2) is 0 Å². The number of likely N-dealkylation sites (N-methyl/N-ethyl adjacent to an activating group) is 1. The fraction of sp³-hybridized carbons (Fsp3) is 0.471. The maximum atomic E-state index is 12.4. The van der Waals surface area contributed by atoms with Gasteiger partial charge in [0, 0.05) is 13.6 Å². The van der Waals surface area contributed by atoms with Crippen molar-refractivity contribution in [3.05, 3.63) is 42.5 Å². The summed E-state index contributed by atoms with van der Waals surface area (Å²) in [5.74, 6) is 0.853. The molecule has 0 spiro atoms. The second-order valence-corrected chi connectivity index (χ2v) is 5.77. The molecule has 4 heteroatoms. The summed E-state index contributed by atoms with van der Waals surface area (Å²) in [7, 11) is 1.82. The van der Waals surface area contributed by atoms with Crippen molar-refractivity contribution in [2.75, 3.05) is 13.7 Å². The zero-order chi connectivity index (χ0) is 15.3. The molecule has 1 amide bonds. The Labute approximate surface area is 126 Å². The van der Waals surface area contributed by atoms with E-state index in [1.54, 1.807) is 11.0 Å². The van der Waals surface area contributed by atoms with Gasteiger partial charge < -0.3 is 15.4 Å². The van der Waals surface area contributed by atoms with Crippen molar-refractivity contribution in [1.82, 2.24) is 4.90 Å². The van der Waals surface area contributed by atoms with Gasteiger partial charge in [0.1, 0.15) is 12.4 Å². The molecule has 0 radical (unpaired) electrons. The van der Waals surface area contributed by atoms with E-state index in [2.05, 4.69) is 6.58 Å². The van der Waals surface area contributed by atoms with Crippen LogP contribution < -0.4 is 10.5 Å². The summed E-state index contributed by atoms with van der Waals surface area (Å²) in [4.78, 5) is 14.2. The van der Waals surface area contributed by atoms with Crippen molar-refractivity contribution >= 4 is 5.91 Å². The summed E-state index contributed by atoms with van der Waals surface area (Å²) in [6.07, 6.45) is 5.40. The molecular weight excluding hydrogens is 264 g/mol. The number of nitrogens with zero attached hydrogens (tertiary/aromatic N) is 1. The molecule has 1 saturated carbocycles.